The second-order valence-electron chi connectivity index (χ2n) is 7.74. The minimum Gasteiger partial charge on any atom is -0.486 e. The number of carbonyl (C=O) groups excluding carboxylic acids is 1. The van der Waals surface area contributed by atoms with E-state index in [1.54, 1.807) is 0 Å². The van der Waals surface area contributed by atoms with Crippen molar-refractivity contribution in [2.45, 2.75) is 57.9 Å². The van der Waals surface area contributed by atoms with Crippen LogP contribution in [-0.2, 0) is 24.1 Å². The van der Waals surface area contributed by atoms with E-state index < -0.39 is 0 Å². The topological polar surface area (TPSA) is 47.6 Å². The lowest BCUT2D eigenvalue weighted by Crippen LogP contribution is -2.28. The van der Waals surface area contributed by atoms with Crippen LogP contribution >= 0.6 is 0 Å². The van der Waals surface area contributed by atoms with Crippen LogP contribution in [0.25, 0.3) is 0 Å². The van der Waals surface area contributed by atoms with Gasteiger partial charge in [-0.05, 0) is 72.9 Å². The first-order valence-electron chi connectivity index (χ1n) is 10.5. The summed E-state index contributed by atoms with van der Waals surface area (Å²) in [6.07, 6.45) is 6.99. The van der Waals surface area contributed by atoms with Crippen molar-refractivity contribution in [3.63, 3.8) is 0 Å². The van der Waals surface area contributed by atoms with E-state index in [4.69, 9.17) is 9.47 Å². The highest BCUT2D eigenvalue weighted by molar-refractivity contribution is 5.76. The van der Waals surface area contributed by atoms with Gasteiger partial charge in [0.1, 0.15) is 13.2 Å². The van der Waals surface area contributed by atoms with Crippen LogP contribution in [0.3, 0.4) is 0 Å². The van der Waals surface area contributed by atoms with Crippen LogP contribution in [0.2, 0.25) is 0 Å². The molecule has 4 heteroatoms. The molecular weight excluding hydrogens is 350 g/mol. The van der Waals surface area contributed by atoms with Crippen molar-refractivity contribution in [3.05, 3.63) is 58.7 Å². The average molecular weight is 380 g/mol. The molecule has 1 amide bonds. The van der Waals surface area contributed by atoms with Crippen LogP contribution in [0.5, 0.6) is 11.5 Å². The second-order valence-corrected chi connectivity index (χ2v) is 7.74. The fourth-order valence-corrected chi connectivity index (χ4v) is 4.16. The Morgan fingerprint density at radius 1 is 1.00 bits per heavy atom. The van der Waals surface area contributed by atoms with Gasteiger partial charge in [0.2, 0.25) is 5.91 Å². The van der Waals surface area contributed by atoms with E-state index in [9.17, 15) is 4.79 Å². The predicted molar refractivity (Wildman–Crippen MR) is 110 cm³/mol. The number of benzene rings is 2. The zero-order valence-corrected chi connectivity index (χ0v) is 16.6. The third-order valence-electron chi connectivity index (χ3n) is 5.77. The van der Waals surface area contributed by atoms with Crippen LogP contribution in [0, 0.1) is 0 Å². The van der Waals surface area contributed by atoms with Gasteiger partial charge in [0.25, 0.3) is 0 Å². The van der Waals surface area contributed by atoms with E-state index in [1.165, 1.54) is 36.0 Å². The molecule has 4 rings (SSSR count). The van der Waals surface area contributed by atoms with Crippen molar-refractivity contribution in [3.8, 4) is 11.5 Å². The highest BCUT2D eigenvalue weighted by Gasteiger charge is 2.17. The molecular formula is C24H29NO3. The summed E-state index contributed by atoms with van der Waals surface area (Å²) in [5.74, 6) is 1.67. The molecule has 1 aliphatic heterocycles. The van der Waals surface area contributed by atoms with Crippen molar-refractivity contribution in [1.29, 1.82) is 0 Å². The van der Waals surface area contributed by atoms with Crippen LogP contribution in [0.4, 0.5) is 0 Å². The second kappa shape index (κ2) is 8.68. The Morgan fingerprint density at radius 2 is 1.79 bits per heavy atom. The van der Waals surface area contributed by atoms with Crippen molar-refractivity contribution >= 4 is 5.91 Å². The summed E-state index contributed by atoms with van der Waals surface area (Å²) in [5.41, 5.74) is 5.28. The Morgan fingerprint density at radius 3 is 2.61 bits per heavy atom. The van der Waals surface area contributed by atoms with Crippen molar-refractivity contribution in [2.75, 3.05) is 13.2 Å². The summed E-state index contributed by atoms with van der Waals surface area (Å²) >= 11 is 0. The Labute approximate surface area is 167 Å². The van der Waals surface area contributed by atoms with E-state index in [0.29, 0.717) is 26.1 Å². The van der Waals surface area contributed by atoms with Gasteiger partial charge in [-0.25, -0.2) is 0 Å². The van der Waals surface area contributed by atoms with E-state index in [1.807, 2.05) is 18.2 Å². The molecule has 2 aromatic carbocycles. The molecule has 0 spiro atoms. The molecule has 4 nitrogen and oxygen atoms in total. The number of hydrogen-bond acceptors (Lipinski definition) is 3. The molecule has 0 aromatic heterocycles. The van der Waals surface area contributed by atoms with Crippen molar-refractivity contribution < 1.29 is 14.3 Å². The highest BCUT2D eigenvalue weighted by atomic mass is 16.6. The third kappa shape index (κ3) is 4.32. The van der Waals surface area contributed by atoms with Crippen LogP contribution in [0.15, 0.2) is 36.4 Å². The maximum Gasteiger partial charge on any atom is 0.220 e. The molecule has 1 aliphatic carbocycles. The van der Waals surface area contributed by atoms with E-state index in [0.717, 1.165) is 29.9 Å². The van der Waals surface area contributed by atoms with Gasteiger partial charge in [-0.15, -0.1) is 0 Å². The largest absolute Gasteiger partial charge is 0.486 e. The molecule has 0 radical (unpaired) electrons. The van der Waals surface area contributed by atoms with Crippen LogP contribution < -0.4 is 14.8 Å². The summed E-state index contributed by atoms with van der Waals surface area (Å²) in [5, 5.41) is 3.23. The standard InChI is InChI=1S/C24H29NO3/c1-2-21(20-10-9-18-5-3-4-6-19(18)16-20)25-24(26)12-8-17-7-11-22-23(15-17)28-14-13-27-22/h7,9-11,15-16,21H,2-6,8,12-14H2,1H3,(H,25,26). The maximum absolute atomic E-state index is 12.6. The summed E-state index contributed by atoms with van der Waals surface area (Å²) in [7, 11) is 0. The fourth-order valence-electron chi connectivity index (χ4n) is 4.16. The SMILES string of the molecule is CCC(NC(=O)CCc1ccc2c(c1)OCCO2)c1ccc2c(c1)CCCC2. The first-order valence-corrected chi connectivity index (χ1v) is 10.5. The third-order valence-corrected chi connectivity index (χ3v) is 5.77. The number of nitrogens with one attached hydrogen (secondary N) is 1. The lowest BCUT2D eigenvalue weighted by atomic mass is 9.89. The Kier molecular flexibility index (Phi) is 5.84. The molecule has 2 aromatic rings. The lowest BCUT2D eigenvalue weighted by Gasteiger charge is -2.22. The molecule has 1 N–H and O–H groups in total. The monoisotopic (exact) mass is 379 g/mol. The molecule has 28 heavy (non-hydrogen) atoms. The minimum atomic E-state index is 0.0833. The van der Waals surface area contributed by atoms with Crippen molar-refractivity contribution in [2.24, 2.45) is 0 Å². The van der Waals surface area contributed by atoms with E-state index in [-0.39, 0.29) is 11.9 Å². The number of hydrogen-bond donors (Lipinski definition) is 1. The zero-order valence-electron chi connectivity index (χ0n) is 16.6. The van der Waals surface area contributed by atoms with Gasteiger partial charge in [-0.1, -0.05) is 31.2 Å². The quantitative estimate of drug-likeness (QED) is 0.802. The molecule has 0 saturated heterocycles. The molecule has 1 unspecified atom stereocenters. The summed E-state index contributed by atoms with van der Waals surface area (Å²) in [6, 6.07) is 12.8. The van der Waals surface area contributed by atoms with Gasteiger partial charge in [-0.2, -0.15) is 0 Å². The Balaban J connectivity index is 1.35. The van der Waals surface area contributed by atoms with Crippen LogP contribution in [0.1, 0.15) is 60.9 Å². The first-order chi connectivity index (χ1) is 13.7. The normalized spacial score (nSPS) is 16.2. The summed E-state index contributed by atoms with van der Waals surface area (Å²) < 4.78 is 11.2. The number of aryl methyl sites for hydroxylation is 3. The van der Waals surface area contributed by atoms with Gasteiger partial charge < -0.3 is 14.8 Å². The number of carbonyl (C=O) groups is 1. The summed E-state index contributed by atoms with van der Waals surface area (Å²) in [4.78, 5) is 12.6. The summed E-state index contributed by atoms with van der Waals surface area (Å²) in [6.45, 7) is 3.30. The van der Waals surface area contributed by atoms with Gasteiger partial charge in [0.15, 0.2) is 11.5 Å². The van der Waals surface area contributed by atoms with E-state index >= 15 is 0 Å². The van der Waals surface area contributed by atoms with Crippen LogP contribution in [-0.4, -0.2) is 19.1 Å². The minimum absolute atomic E-state index is 0.0833. The van der Waals surface area contributed by atoms with Gasteiger partial charge in [0, 0.05) is 6.42 Å². The molecule has 1 atom stereocenters. The number of amides is 1. The number of ether oxygens (including phenoxy) is 2. The average Bonchev–Trinajstić information content (AvgIpc) is 2.75. The van der Waals surface area contributed by atoms with Gasteiger partial charge >= 0.3 is 0 Å². The number of fused-ring (bicyclic) bond motifs is 2. The van der Waals surface area contributed by atoms with Crippen molar-refractivity contribution in [1.82, 2.24) is 5.32 Å². The first kappa shape index (κ1) is 18.9. The van der Waals surface area contributed by atoms with E-state index in [2.05, 4.69) is 30.4 Å². The smallest absolute Gasteiger partial charge is 0.220 e. The molecule has 0 saturated carbocycles. The fraction of sp³-hybridized carbons (Fsp3) is 0.458. The lowest BCUT2D eigenvalue weighted by molar-refractivity contribution is -0.121. The Hall–Kier alpha value is -2.49. The molecule has 1 heterocycles. The molecule has 0 fully saturated rings. The number of rotatable bonds is 6. The molecule has 2 aliphatic rings. The molecule has 148 valence electrons. The predicted octanol–water partition coefficient (Wildman–Crippen LogP) is 4.54. The zero-order chi connectivity index (χ0) is 19.3. The van der Waals surface area contributed by atoms with Gasteiger partial charge in [-0.3, -0.25) is 4.79 Å². The maximum atomic E-state index is 12.6. The highest BCUT2D eigenvalue weighted by Crippen LogP contribution is 2.31. The molecule has 0 bridgehead atoms. The Bertz CT molecular complexity index is 846. The van der Waals surface area contributed by atoms with Gasteiger partial charge in [0.05, 0.1) is 6.04 Å².